The zero-order valence-electron chi connectivity index (χ0n) is 10.4. The normalized spacial score (nSPS) is 19.1. The maximum absolute atomic E-state index is 13.8. The molecule has 1 aromatic rings. The van der Waals surface area contributed by atoms with Crippen LogP contribution in [-0.4, -0.2) is 6.54 Å². The van der Waals surface area contributed by atoms with Gasteiger partial charge in [0.1, 0.15) is 11.6 Å². The second-order valence-electron chi connectivity index (χ2n) is 5.18. The first-order valence-electron chi connectivity index (χ1n) is 6.26. The summed E-state index contributed by atoms with van der Waals surface area (Å²) in [5.74, 6) is -0.876. The minimum Gasteiger partial charge on any atom is -0.309 e. The van der Waals surface area contributed by atoms with Crippen LogP contribution >= 0.6 is 0 Å². The van der Waals surface area contributed by atoms with Crippen LogP contribution in [0.5, 0.6) is 0 Å². The minimum absolute atomic E-state index is 0.0121. The van der Waals surface area contributed by atoms with Crippen molar-refractivity contribution < 1.29 is 8.78 Å². The Labute approximate surface area is 101 Å². The molecule has 0 spiro atoms. The average Bonchev–Trinajstić information content (AvgIpc) is 3.01. The molecule has 2 rings (SSSR count). The van der Waals surface area contributed by atoms with E-state index in [9.17, 15) is 8.78 Å². The van der Waals surface area contributed by atoms with Crippen molar-refractivity contribution in [1.29, 1.82) is 0 Å². The van der Waals surface area contributed by atoms with Gasteiger partial charge in [0.05, 0.1) is 0 Å². The van der Waals surface area contributed by atoms with Crippen LogP contribution in [0, 0.1) is 17.0 Å². The van der Waals surface area contributed by atoms with Crippen molar-refractivity contribution in [2.24, 2.45) is 5.41 Å². The molecule has 1 saturated carbocycles. The van der Waals surface area contributed by atoms with Gasteiger partial charge in [0.15, 0.2) is 0 Å². The summed E-state index contributed by atoms with van der Waals surface area (Å²) in [6, 6.07) is 3.89. The van der Waals surface area contributed by atoms with Crippen molar-refractivity contribution in [2.45, 2.75) is 39.2 Å². The summed E-state index contributed by atoms with van der Waals surface area (Å²) in [5, 5.41) is 3.29. The van der Waals surface area contributed by atoms with Crippen LogP contribution in [0.4, 0.5) is 8.78 Å². The predicted molar refractivity (Wildman–Crippen MR) is 64.7 cm³/mol. The lowest BCUT2D eigenvalue weighted by Gasteiger charge is -2.26. The van der Waals surface area contributed by atoms with E-state index in [0.717, 1.165) is 25.8 Å². The van der Waals surface area contributed by atoms with Gasteiger partial charge in [0, 0.05) is 11.6 Å². The van der Waals surface area contributed by atoms with Gasteiger partial charge >= 0.3 is 0 Å². The fraction of sp³-hybridized carbons (Fsp3) is 0.571. The van der Waals surface area contributed by atoms with Gasteiger partial charge in [-0.1, -0.05) is 19.9 Å². The highest BCUT2D eigenvalue weighted by molar-refractivity contribution is 5.27. The Morgan fingerprint density at radius 3 is 2.35 bits per heavy atom. The topological polar surface area (TPSA) is 12.0 Å². The van der Waals surface area contributed by atoms with E-state index < -0.39 is 11.6 Å². The molecule has 1 aromatic carbocycles. The zero-order valence-corrected chi connectivity index (χ0v) is 10.4. The van der Waals surface area contributed by atoms with Crippen LogP contribution < -0.4 is 5.32 Å². The molecule has 0 saturated heterocycles. The van der Waals surface area contributed by atoms with E-state index in [1.165, 1.54) is 18.2 Å². The third-order valence-electron chi connectivity index (χ3n) is 3.62. The molecular formula is C14H19F2N. The van der Waals surface area contributed by atoms with E-state index in [4.69, 9.17) is 0 Å². The molecule has 0 heterocycles. The fourth-order valence-electron chi connectivity index (χ4n) is 2.26. The highest BCUT2D eigenvalue weighted by Crippen LogP contribution is 2.55. The lowest BCUT2D eigenvalue weighted by molar-refractivity contribution is 0.342. The van der Waals surface area contributed by atoms with Crippen molar-refractivity contribution in [3.63, 3.8) is 0 Å². The summed E-state index contributed by atoms with van der Waals surface area (Å²) in [4.78, 5) is 0. The van der Waals surface area contributed by atoms with Crippen LogP contribution in [0.1, 0.15) is 44.7 Å². The Bertz CT molecular complexity index is 379. The monoisotopic (exact) mass is 239 g/mol. The molecule has 17 heavy (non-hydrogen) atoms. The minimum atomic E-state index is -0.438. The van der Waals surface area contributed by atoms with E-state index in [0.29, 0.717) is 0 Å². The molecule has 1 N–H and O–H groups in total. The number of hydrogen-bond acceptors (Lipinski definition) is 1. The third-order valence-corrected chi connectivity index (χ3v) is 3.62. The van der Waals surface area contributed by atoms with E-state index in [-0.39, 0.29) is 17.0 Å². The zero-order chi connectivity index (χ0) is 12.5. The summed E-state index contributed by atoms with van der Waals surface area (Å²) in [6.45, 7) is 4.93. The van der Waals surface area contributed by atoms with Crippen molar-refractivity contribution in [3.8, 4) is 0 Å². The van der Waals surface area contributed by atoms with Crippen LogP contribution in [-0.2, 0) is 0 Å². The maximum Gasteiger partial charge on any atom is 0.130 e. The fourth-order valence-corrected chi connectivity index (χ4v) is 2.26. The van der Waals surface area contributed by atoms with E-state index in [2.05, 4.69) is 19.2 Å². The highest BCUT2D eigenvalue weighted by Gasteiger charge is 2.46. The first-order chi connectivity index (χ1) is 8.08. The van der Waals surface area contributed by atoms with Gasteiger partial charge in [-0.2, -0.15) is 0 Å². The molecule has 1 aliphatic carbocycles. The van der Waals surface area contributed by atoms with Gasteiger partial charge < -0.3 is 5.32 Å². The Morgan fingerprint density at radius 2 is 1.88 bits per heavy atom. The second-order valence-corrected chi connectivity index (χ2v) is 5.18. The lowest BCUT2D eigenvalue weighted by atomic mass is 9.91. The van der Waals surface area contributed by atoms with Gasteiger partial charge in [0.2, 0.25) is 0 Å². The number of hydrogen-bond donors (Lipinski definition) is 1. The molecule has 1 nitrogen and oxygen atoms in total. The van der Waals surface area contributed by atoms with Gasteiger partial charge in [0.25, 0.3) is 0 Å². The SMILES string of the molecule is CCCNC(c1c(F)cccc1F)C1(C)CC1. The number of halogens is 2. The number of rotatable bonds is 5. The molecule has 0 amide bonds. The quantitative estimate of drug-likeness (QED) is 0.824. The Hall–Kier alpha value is -0.960. The Kier molecular flexibility index (Phi) is 3.48. The van der Waals surface area contributed by atoms with Crippen molar-refractivity contribution in [1.82, 2.24) is 5.32 Å². The van der Waals surface area contributed by atoms with E-state index in [1.54, 1.807) is 0 Å². The number of benzene rings is 1. The van der Waals surface area contributed by atoms with Crippen LogP contribution in [0.25, 0.3) is 0 Å². The average molecular weight is 239 g/mol. The van der Waals surface area contributed by atoms with Crippen LogP contribution in [0.3, 0.4) is 0 Å². The highest BCUT2D eigenvalue weighted by atomic mass is 19.1. The van der Waals surface area contributed by atoms with Crippen LogP contribution in [0.2, 0.25) is 0 Å². The molecule has 3 heteroatoms. The standard InChI is InChI=1S/C14H19F2N/c1-3-9-17-13(14(2)7-8-14)12-10(15)5-4-6-11(12)16/h4-6,13,17H,3,7-9H2,1-2H3. The summed E-state index contributed by atoms with van der Waals surface area (Å²) in [6.07, 6.45) is 3.02. The molecule has 0 radical (unpaired) electrons. The van der Waals surface area contributed by atoms with Crippen molar-refractivity contribution in [3.05, 3.63) is 35.4 Å². The Balaban J connectivity index is 2.31. The molecule has 1 unspecified atom stereocenters. The molecule has 1 atom stereocenters. The molecule has 1 fully saturated rings. The van der Waals surface area contributed by atoms with Gasteiger partial charge in [-0.05, 0) is 43.4 Å². The molecule has 1 aliphatic rings. The lowest BCUT2D eigenvalue weighted by Crippen LogP contribution is -2.30. The third kappa shape index (κ3) is 2.49. The number of nitrogens with one attached hydrogen (secondary N) is 1. The van der Waals surface area contributed by atoms with Crippen LogP contribution in [0.15, 0.2) is 18.2 Å². The molecule has 0 aliphatic heterocycles. The van der Waals surface area contributed by atoms with Gasteiger partial charge in [-0.3, -0.25) is 0 Å². The van der Waals surface area contributed by atoms with Gasteiger partial charge in [-0.15, -0.1) is 0 Å². The summed E-state index contributed by atoms with van der Waals surface area (Å²) >= 11 is 0. The predicted octanol–water partition coefficient (Wildman–Crippen LogP) is 3.81. The smallest absolute Gasteiger partial charge is 0.130 e. The first-order valence-corrected chi connectivity index (χ1v) is 6.26. The summed E-state index contributed by atoms with van der Waals surface area (Å²) < 4.78 is 27.6. The van der Waals surface area contributed by atoms with Gasteiger partial charge in [-0.25, -0.2) is 8.78 Å². The summed E-state index contributed by atoms with van der Waals surface area (Å²) in [7, 11) is 0. The van der Waals surface area contributed by atoms with Crippen molar-refractivity contribution >= 4 is 0 Å². The van der Waals surface area contributed by atoms with Crippen molar-refractivity contribution in [2.75, 3.05) is 6.54 Å². The van der Waals surface area contributed by atoms with E-state index >= 15 is 0 Å². The maximum atomic E-state index is 13.8. The molecule has 0 aromatic heterocycles. The van der Waals surface area contributed by atoms with E-state index in [1.807, 2.05) is 0 Å². The molecular weight excluding hydrogens is 220 g/mol. The Morgan fingerprint density at radius 1 is 1.29 bits per heavy atom. The molecule has 0 bridgehead atoms. The molecule has 94 valence electrons. The summed E-state index contributed by atoms with van der Waals surface area (Å²) in [5.41, 5.74) is 0.221. The second kappa shape index (κ2) is 4.73. The largest absolute Gasteiger partial charge is 0.309 e. The first kappa shape index (κ1) is 12.5.